The molecule has 0 saturated heterocycles. The lowest BCUT2D eigenvalue weighted by Crippen LogP contribution is -2.33. The van der Waals surface area contributed by atoms with Crippen molar-refractivity contribution >= 4 is 34.8 Å². The summed E-state index contributed by atoms with van der Waals surface area (Å²) in [7, 11) is 0. The fourth-order valence-electron chi connectivity index (χ4n) is 2.49. The lowest BCUT2D eigenvalue weighted by molar-refractivity contribution is 0.536. The van der Waals surface area contributed by atoms with Crippen molar-refractivity contribution in [1.82, 2.24) is 0 Å². The van der Waals surface area contributed by atoms with E-state index in [0.29, 0.717) is 16.8 Å². The van der Waals surface area contributed by atoms with Crippen LogP contribution in [0.25, 0.3) is 0 Å². The molecule has 0 fully saturated rings. The van der Waals surface area contributed by atoms with Crippen LogP contribution in [0.4, 0.5) is 0 Å². The van der Waals surface area contributed by atoms with E-state index in [9.17, 15) is 0 Å². The van der Waals surface area contributed by atoms with E-state index >= 15 is 0 Å². The predicted molar refractivity (Wildman–Crippen MR) is 94.1 cm³/mol. The SMILES string of the molecule is CCc1ccc(CC(CCl)(CCl)c2cccc(Cl)c2)cc1. The molecule has 0 aliphatic heterocycles. The largest absolute Gasteiger partial charge is 0.126 e. The zero-order valence-corrected chi connectivity index (χ0v) is 14.3. The summed E-state index contributed by atoms with van der Waals surface area (Å²) in [5.74, 6) is 0.929. The van der Waals surface area contributed by atoms with E-state index in [-0.39, 0.29) is 5.41 Å². The van der Waals surface area contributed by atoms with E-state index in [1.165, 1.54) is 11.1 Å². The summed E-state index contributed by atoms with van der Waals surface area (Å²) in [6.07, 6.45) is 1.86. The molecule has 0 spiro atoms. The van der Waals surface area contributed by atoms with Crippen LogP contribution in [0.3, 0.4) is 0 Å². The quantitative estimate of drug-likeness (QED) is 0.577. The molecule has 0 saturated carbocycles. The fraction of sp³-hybridized carbons (Fsp3) is 0.333. The smallest absolute Gasteiger partial charge is 0.0408 e. The van der Waals surface area contributed by atoms with E-state index in [1.54, 1.807) is 0 Å². The van der Waals surface area contributed by atoms with Crippen LogP contribution in [-0.4, -0.2) is 11.8 Å². The minimum Gasteiger partial charge on any atom is -0.126 e. The minimum absolute atomic E-state index is 0.290. The number of rotatable bonds is 6. The summed E-state index contributed by atoms with van der Waals surface area (Å²) in [4.78, 5) is 0. The zero-order chi connectivity index (χ0) is 15.3. The number of aryl methyl sites for hydroxylation is 1. The maximum Gasteiger partial charge on any atom is 0.0408 e. The lowest BCUT2D eigenvalue weighted by Gasteiger charge is -2.30. The molecule has 0 radical (unpaired) electrons. The Morgan fingerprint density at radius 2 is 1.52 bits per heavy atom. The first-order valence-corrected chi connectivity index (χ1v) is 8.54. The van der Waals surface area contributed by atoms with Crippen molar-refractivity contribution in [1.29, 1.82) is 0 Å². The Labute approximate surface area is 142 Å². The van der Waals surface area contributed by atoms with Crippen LogP contribution < -0.4 is 0 Å². The second kappa shape index (κ2) is 7.54. The number of alkyl halides is 2. The Morgan fingerprint density at radius 3 is 2.05 bits per heavy atom. The van der Waals surface area contributed by atoms with E-state index in [0.717, 1.165) is 18.4 Å². The Kier molecular flexibility index (Phi) is 5.98. The predicted octanol–water partition coefficient (Wildman–Crippen LogP) is 5.86. The van der Waals surface area contributed by atoms with Gasteiger partial charge in [-0.05, 0) is 41.7 Å². The van der Waals surface area contributed by atoms with Crippen LogP contribution in [0.5, 0.6) is 0 Å². The maximum absolute atomic E-state index is 6.29. The molecule has 2 rings (SSSR count). The molecule has 0 unspecified atom stereocenters. The third kappa shape index (κ3) is 3.94. The molecule has 112 valence electrons. The number of hydrogen-bond donors (Lipinski definition) is 0. The molecule has 0 nitrogen and oxygen atoms in total. The van der Waals surface area contributed by atoms with E-state index in [1.807, 2.05) is 18.2 Å². The molecule has 0 aliphatic carbocycles. The average Bonchev–Trinajstić information content (AvgIpc) is 2.53. The molecule has 0 N–H and O–H groups in total. The molecule has 21 heavy (non-hydrogen) atoms. The standard InChI is InChI=1S/C18H19Cl3/c1-2-14-6-8-15(9-7-14)11-18(12-19,13-20)16-4-3-5-17(21)10-16/h3-10H,2,11-13H2,1H3. The number of benzene rings is 2. The van der Waals surface area contributed by atoms with Gasteiger partial charge in [0.25, 0.3) is 0 Å². The summed E-state index contributed by atoms with van der Waals surface area (Å²) >= 11 is 18.7. The van der Waals surface area contributed by atoms with E-state index in [2.05, 4.69) is 37.3 Å². The molecule has 0 bridgehead atoms. The monoisotopic (exact) mass is 340 g/mol. The molecule has 0 heterocycles. The van der Waals surface area contributed by atoms with Crippen LogP contribution in [-0.2, 0) is 18.3 Å². The van der Waals surface area contributed by atoms with Gasteiger partial charge >= 0.3 is 0 Å². The number of hydrogen-bond acceptors (Lipinski definition) is 0. The van der Waals surface area contributed by atoms with Gasteiger partial charge in [-0.2, -0.15) is 0 Å². The highest BCUT2D eigenvalue weighted by Gasteiger charge is 2.31. The van der Waals surface area contributed by atoms with Crippen LogP contribution in [0.2, 0.25) is 5.02 Å². The highest BCUT2D eigenvalue weighted by molar-refractivity contribution is 6.30. The average molecular weight is 342 g/mol. The van der Waals surface area contributed by atoms with Crippen LogP contribution >= 0.6 is 34.8 Å². The van der Waals surface area contributed by atoms with Gasteiger partial charge in [-0.25, -0.2) is 0 Å². The van der Waals surface area contributed by atoms with Gasteiger partial charge in [-0.15, -0.1) is 23.2 Å². The third-order valence-corrected chi connectivity index (χ3v) is 5.18. The molecular weight excluding hydrogens is 323 g/mol. The Balaban J connectivity index is 2.33. The van der Waals surface area contributed by atoms with E-state index in [4.69, 9.17) is 34.8 Å². The second-order valence-corrected chi connectivity index (χ2v) is 6.38. The molecule has 0 aliphatic rings. The van der Waals surface area contributed by atoms with Gasteiger partial charge in [-0.3, -0.25) is 0 Å². The lowest BCUT2D eigenvalue weighted by atomic mass is 9.78. The summed E-state index contributed by atoms with van der Waals surface area (Å²) in [5.41, 5.74) is 3.39. The van der Waals surface area contributed by atoms with Gasteiger partial charge in [0.2, 0.25) is 0 Å². The zero-order valence-electron chi connectivity index (χ0n) is 12.1. The second-order valence-electron chi connectivity index (χ2n) is 5.40. The highest BCUT2D eigenvalue weighted by Crippen LogP contribution is 2.33. The van der Waals surface area contributed by atoms with Crippen LogP contribution in [0.15, 0.2) is 48.5 Å². The fourth-order valence-corrected chi connectivity index (χ4v) is 3.46. The maximum atomic E-state index is 6.29. The van der Waals surface area contributed by atoms with Crippen molar-refractivity contribution in [2.45, 2.75) is 25.2 Å². The van der Waals surface area contributed by atoms with Gasteiger partial charge in [-0.1, -0.05) is 54.9 Å². The molecule has 2 aromatic carbocycles. The molecule has 0 atom stereocenters. The third-order valence-electron chi connectivity index (χ3n) is 3.92. The van der Waals surface area contributed by atoms with Gasteiger partial charge in [0.1, 0.15) is 0 Å². The molecular formula is C18H19Cl3. The highest BCUT2D eigenvalue weighted by atomic mass is 35.5. The van der Waals surface area contributed by atoms with Gasteiger partial charge in [0, 0.05) is 22.2 Å². The van der Waals surface area contributed by atoms with Gasteiger partial charge < -0.3 is 0 Å². The van der Waals surface area contributed by atoms with Crippen LogP contribution in [0.1, 0.15) is 23.6 Å². The van der Waals surface area contributed by atoms with Crippen molar-refractivity contribution in [3.63, 3.8) is 0 Å². The first kappa shape index (κ1) is 16.7. The summed E-state index contributed by atoms with van der Waals surface area (Å²) in [5, 5.41) is 0.716. The van der Waals surface area contributed by atoms with Crippen LogP contribution in [0, 0.1) is 0 Å². The summed E-state index contributed by atoms with van der Waals surface area (Å²) in [6, 6.07) is 16.5. The first-order valence-electron chi connectivity index (χ1n) is 7.09. The molecule has 2 aromatic rings. The van der Waals surface area contributed by atoms with Crippen molar-refractivity contribution < 1.29 is 0 Å². The van der Waals surface area contributed by atoms with Crippen molar-refractivity contribution in [2.75, 3.05) is 11.8 Å². The number of halogens is 3. The normalized spacial score (nSPS) is 11.6. The van der Waals surface area contributed by atoms with Gasteiger partial charge in [0.15, 0.2) is 0 Å². The van der Waals surface area contributed by atoms with Crippen molar-refractivity contribution in [3.05, 3.63) is 70.2 Å². The topological polar surface area (TPSA) is 0 Å². The first-order chi connectivity index (χ1) is 10.1. The Morgan fingerprint density at radius 1 is 0.905 bits per heavy atom. The summed E-state index contributed by atoms with van der Waals surface area (Å²) < 4.78 is 0. The van der Waals surface area contributed by atoms with Crippen molar-refractivity contribution in [3.8, 4) is 0 Å². The molecule has 3 heteroatoms. The minimum atomic E-state index is -0.290. The van der Waals surface area contributed by atoms with Crippen molar-refractivity contribution in [2.24, 2.45) is 0 Å². The van der Waals surface area contributed by atoms with Gasteiger partial charge in [0.05, 0.1) is 0 Å². The Bertz CT molecular complexity index is 571. The Hall–Kier alpha value is -0.690. The molecule has 0 amide bonds. The molecule has 0 aromatic heterocycles. The van der Waals surface area contributed by atoms with E-state index < -0.39 is 0 Å². The summed E-state index contributed by atoms with van der Waals surface area (Å²) in [6.45, 7) is 2.16.